The Hall–Kier alpha value is -3.02. The van der Waals surface area contributed by atoms with Gasteiger partial charge in [0.25, 0.3) is 5.91 Å². The van der Waals surface area contributed by atoms with Crippen molar-refractivity contribution in [2.75, 3.05) is 14.1 Å². The third kappa shape index (κ3) is 2.71. The fraction of sp³-hybridized carbons (Fsp3) is 0.125. The Balaban J connectivity index is 1.91. The number of nitrogens with zero attached hydrogens (tertiary/aromatic N) is 4. The number of carbonyl (C=O) groups is 1. The Bertz CT molecular complexity index is 779. The highest BCUT2D eigenvalue weighted by atomic mass is 16.2. The molecule has 0 aliphatic heterocycles. The van der Waals surface area contributed by atoms with Crippen LogP contribution in [0.4, 0.5) is 0 Å². The third-order valence-corrected chi connectivity index (χ3v) is 3.27. The largest absolute Gasteiger partial charge is 0.343 e. The number of rotatable bonds is 3. The predicted octanol–water partition coefficient (Wildman–Crippen LogP) is 2.24. The van der Waals surface area contributed by atoms with Gasteiger partial charge in [0.1, 0.15) is 5.69 Å². The molecular weight excluding hydrogens is 278 g/mol. The molecule has 0 saturated heterocycles. The van der Waals surface area contributed by atoms with Gasteiger partial charge in [0.05, 0.1) is 24.3 Å². The Morgan fingerprint density at radius 1 is 1.00 bits per heavy atom. The Kier molecular flexibility index (Phi) is 3.65. The molecule has 0 spiro atoms. The molecule has 1 aromatic carbocycles. The lowest BCUT2D eigenvalue weighted by molar-refractivity contribution is 0.0821. The minimum absolute atomic E-state index is 0.163. The highest BCUT2D eigenvalue weighted by molar-refractivity contribution is 5.92. The van der Waals surface area contributed by atoms with Gasteiger partial charge in [0.15, 0.2) is 0 Å². The van der Waals surface area contributed by atoms with Gasteiger partial charge in [0, 0.05) is 31.4 Å². The number of aromatic nitrogens is 4. The number of aromatic amines is 1. The number of benzene rings is 1. The summed E-state index contributed by atoms with van der Waals surface area (Å²) in [6.07, 6.45) is 6.74. The molecule has 1 N–H and O–H groups in total. The van der Waals surface area contributed by atoms with Crippen molar-refractivity contribution in [1.29, 1.82) is 0 Å². The summed E-state index contributed by atoms with van der Waals surface area (Å²) >= 11 is 0. The zero-order valence-corrected chi connectivity index (χ0v) is 12.3. The molecule has 22 heavy (non-hydrogen) atoms. The molecule has 3 aromatic rings. The topological polar surface area (TPSA) is 74.8 Å². The van der Waals surface area contributed by atoms with Crippen LogP contribution in [0.15, 0.2) is 49.1 Å². The molecule has 110 valence electrons. The van der Waals surface area contributed by atoms with Crippen LogP contribution in [0.25, 0.3) is 22.4 Å². The molecule has 0 atom stereocenters. The van der Waals surface area contributed by atoms with Gasteiger partial charge in [-0.25, -0.2) is 4.98 Å². The van der Waals surface area contributed by atoms with E-state index in [0.29, 0.717) is 11.4 Å². The van der Waals surface area contributed by atoms with Gasteiger partial charge in [-0.15, -0.1) is 0 Å². The highest BCUT2D eigenvalue weighted by Gasteiger charge is 2.11. The normalized spacial score (nSPS) is 10.5. The second-order valence-corrected chi connectivity index (χ2v) is 5.05. The first-order chi connectivity index (χ1) is 10.6. The molecule has 6 nitrogen and oxygen atoms in total. The van der Waals surface area contributed by atoms with Crippen molar-refractivity contribution in [1.82, 2.24) is 25.1 Å². The van der Waals surface area contributed by atoms with Crippen LogP contribution in [0.5, 0.6) is 0 Å². The average molecular weight is 293 g/mol. The van der Waals surface area contributed by atoms with Crippen LogP contribution in [-0.2, 0) is 0 Å². The Labute approximate surface area is 127 Å². The van der Waals surface area contributed by atoms with Gasteiger partial charge < -0.3 is 4.90 Å². The molecule has 2 aromatic heterocycles. The molecule has 0 fully saturated rings. The van der Waals surface area contributed by atoms with Crippen molar-refractivity contribution in [2.24, 2.45) is 0 Å². The van der Waals surface area contributed by atoms with Crippen molar-refractivity contribution in [3.05, 3.63) is 54.7 Å². The fourth-order valence-corrected chi connectivity index (χ4v) is 2.08. The van der Waals surface area contributed by atoms with E-state index in [1.54, 1.807) is 26.5 Å². The minimum Gasteiger partial charge on any atom is -0.343 e. The molecule has 0 bridgehead atoms. The van der Waals surface area contributed by atoms with Gasteiger partial charge in [0.2, 0.25) is 0 Å². The van der Waals surface area contributed by atoms with E-state index in [-0.39, 0.29) is 5.91 Å². The van der Waals surface area contributed by atoms with Crippen LogP contribution in [0.3, 0.4) is 0 Å². The van der Waals surface area contributed by atoms with Gasteiger partial charge in [-0.05, 0) is 5.56 Å². The SMILES string of the molecule is CN(C)C(=O)c1cncc(-c2ccc(-c3cn[nH]c3)cc2)n1. The van der Waals surface area contributed by atoms with Crippen molar-refractivity contribution in [3.8, 4) is 22.4 Å². The van der Waals surface area contributed by atoms with E-state index >= 15 is 0 Å². The second kappa shape index (κ2) is 5.77. The lowest BCUT2D eigenvalue weighted by atomic mass is 10.1. The van der Waals surface area contributed by atoms with Crippen LogP contribution >= 0.6 is 0 Å². The smallest absolute Gasteiger partial charge is 0.273 e. The van der Waals surface area contributed by atoms with Crippen molar-refractivity contribution < 1.29 is 4.79 Å². The molecule has 1 amide bonds. The summed E-state index contributed by atoms with van der Waals surface area (Å²) in [6, 6.07) is 7.89. The van der Waals surface area contributed by atoms with Crippen LogP contribution < -0.4 is 0 Å². The van der Waals surface area contributed by atoms with Gasteiger partial charge >= 0.3 is 0 Å². The monoisotopic (exact) mass is 293 g/mol. The van der Waals surface area contributed by atoms with Crippen molar-refractivity contribution in [2.45, 2.75) is 0 Å². The second-order valence-electron chi connectivity index (χ2n) is 5.05. The molecule has 0 aliphatic carbocycles. The van der Waals surface area contributed by atoms with E-state index in [0.717, 1.165) is 16.7 Å². The number of hydrogen-bond donors (Lipinski definition) is 1. The summed E-state index contributed by atoms with van der Waals surface area (Å²) in [5.41, 5.74) is 4.00. The molecule has 0 saturated carbocycles. The first-order valence-electron chi connectivity index (χ1n) is 6.78. The van der Waals surface area contributed by atoms with E-state index in [2.05, 4.69) is 20.2 Å². The van der Waals surface area contributed by atoms with E-state index in [1.807, 2.05) is 30.5 Å². The predicted molar refractivity (Wildman–Crippen MR) is 83.1 cm³/mol. The van der Waals surface area contributed by atoms with Gasteiger partial charge in [-0.1, -0.05) is 24.3 Å². The summed E-state index contributed by atoms with van der Waals surface area (Å²) in [6.45, 7) is 0. The van der Waals surface area contributed by atoms with Gasteiger partial charge in [-0.2, -0.15) is 5.10 Å². The lowest BCUT2D eigenvalue weighted by Crippen LogP contribution is -2.23. The number of hydrogen-bond acceptors (Lipinski definition) is 4. The average Bonchev–Trinajstić information content (AvgIpc) is 3.09. The summed E-state index contributed by atoms with van der Waals surface area (Å²) in [5, 5.41) is 6.73. The van der Waals surface area contributed by atoms with E-state index < -0.39 is 0 Å². The maximum absolute atomic E-state index is 12.0. The summed E-state index contributed by atoms with van der Waals surface area (Å²) in [5.74, 6) is -0.163. The summed E-state index contributed by atoms with van der Waals surface area (Å²) in [4.78, 5) is 21.9. The Morgan fingerprint density at radius 2 is 1.73 bits per heavy atom. The summed E-state index contributed by atoms with van der Waals surface area (Å²) in [7, 11) is 3.38. The van der Waals surface area contributed by atoms with Crippen LogP contribution in [0, 0.1) is 0 Å². The highest BCUT2D eigenvalue weighted by Crippen LogP contribution is 2.22. The first kappa shape index (κ1) is 13.9. The number of H-pyrrole nitrogens is 1. The molecule has 0 unspecified atom stereocenters. The third-order valence-electron chi connectivity index (χ3n) is 3.27. The quantitative estimate of drug-likeness (QED) is 0.803. The van der Waals surface area contributed by atoms with Crippen LogP contribution in [0.1, 0.15) is 10.5 Å². The maximum Gasteiger partial charge on any atom is 0.273 e. The van der Waals surface area contributed by atoms with Crippen molar-refractivity contribution in [3.63, 3.8) is 0 Å². The lowest BCUT2D eigenvalue weighted by Gasteiger charge is -2.10. The molecular formula is C16H15N5O. The summed E-state index contributed by atoms with van der Waals surface area (Å²) < 4.78 is 0. The zero-order chi connectivity index (χ0) is 15.5. The number of amides is 1. The van der Waals surface area contributed by atoms with Crippen molar-refractivity contribution >= 4 is 5.91 Å². The van der Waals surface area contributed by atoms with Crippen LogP contribution in [0.2, 0.25) is 0 Å². The minimum atomic E-state index is -0.163. The molecule has 2 heterocycles. The molecule has 3 rings (SSSR count). The molecule has 6 heteroatoms. The molecule has 0 aliphatic rings. The number of carbonyl (C=O) groups excluding carboxylic acids is 1. The van der Waals surface area contributed by atoms with E-state index in [9.17, 15) is 4.79 Å². The van der Waals surface area contributed by atoms with E-state index in [1.165, 1.54) is 11.1 Å². The molecule has 0 radical (unpaired) electrons. The first-order valence-corrected chi connectivity index (χ1v) is 6.78. The zero-order valence-electron chi connectivity index (χ0n) is 12.3. The standard InChI is InChI=1S/C16H15N5O/c1-21(2)16(22)15-10-17-9-14(20-15)12-5-3-11(4-6-12)13-7-18-19-8-13/h3-10H,1-2H3,(H,18,19). The Morgan fingerprint density at radius 3 is 2.36 bits per heavy atom. The van der Waals surface area contributed by atoms with Crippen LogP contribution in [-0.4, -0.2) is 45.1 Å². The maximum atomic E-state index is 12.0. The van der Waals surface area contributed by atoms with E-state index in [4.69, 9.17) is 0 Å². The van der Waals surface area contributed by atoms with Gasteiger partial charge in [-0.3, -0.25) is 14.9 Å². The number of nitrogens with one attached hydrogen (secondary N) is 1. The fourth-order valence-electron chi connectivity index (χ4n) is 2.08.